The van der Waals surface area contributed by atoms with Crippen LogP contribution >= 0.6 is 34.5 Å². The highest BCUT2D eigenvalue weighted by molar-refractivity contribution is 8.33. The summed E-state index contributed by atoms with van der Waals surface area (Å²) in [4.78, 5) is 16.0. The summed E-state index contributed by atoms with van der Waals surface area (Å²) < 4.78 is 0.876. The molecule has 0 aliphatic heterocycles. The molecule has 6 aromatic carbocycles. The van der Waals surface area contributed by atoms with Gasteiger partial charge in [0.05, 0.1) is 0 Å². The number of rotatable bonds is 4. The number of hydrogen-bond donors (Lipinski definition) is 2. The van der Waals surface area contributed by atoms with Crippen LogP contribution in [0.4, 0.5) is 0 Å². The highest BCUT2D eigenvalue weighted by atomic mass is 32.3. The summed E-state index contributed by atoms with van der Waals surface area (Å²) in [5.41, 5.74) is 15.9. The summed E-state index contributed by atoms with van der Waals surface area (Å²) in [5, 5.41) is 0.820. The molecule has 3 atom stereocenters. The Balaban J connectivity index is 1.43. The van der Waals surface area contributed by atoms with Crippen LogP contribution in [0.1, 0.15) is 71.9 Å². The summed E-state index contributed by atoms with van der Waals surface area (Å²) >= 11 is 11.8. The maximum atomic E-state index is 5.94. The number of fused-ring (bicyclic) bond motifs is 9. The van der Waals surface area contributed by atoms with Gasteiger partial charge in [-0.15, -0.1) is 0 Å². The zero-order valence-corrected chi connectivity index (χ0v) is 31.0. The van der Waals surface area contributed by atoms with E-state index < -0.39 is 10.0 Å². The molecule has 3 unspecified atom stereocenters. The van der Waals surface area contributed by atoms with Crippen molar-refractivity contribution in [2.24, 2.45) is 0 Å². The fourth-order valence-corrected chi connectivity index (χ4v) is 14.6. The molecule has 248 valence electrons. The molecule has 0 amide bonds. The summed E-state index contributed by atoms with van der Waals surface area (Å²) in [6, 6.07) is 47.5. The Kier molecular flexibility index (Phi) is 6.85. The average Bonchev–Trinajstić information content (AvgIpc) is 3.74. The quantitative estimate of drug-likeness (QED) is 0.179. The van der Waals surface area contributed by atoms with E-state index in [0.717, 1.165) is 5.16 Å². The van der Waals surface area contributed by atoms with E-state index in [4.69, 9.17) is 29.4 Å². The van der Waals surface area contributed by atoms with Crippen LogP contribution in [-0.2, 0) is 0 Å². The first kappa shape index (κ1) is 30.9. The van der Waals surface area contributed by atoms with Crippen molar-refractivity contribution in [3.05, 3.63) is 170 Å². The summed E-state index contributed by atoms with van der Waals surface area (Å²) in [6.45, 7) is 7.10. The van der Waals surface area contributed by atoms with Crippen LogP contribution in [0.25, 0.3) is 33.4 Å². The van der Waals surface area contributed by atoms with Crippen molar-refractivity contribution >= 4 is 34.5 Å². The Morgan fingerprint density at radius 1 is 0.451 bits per heavy atom. The van der Waals surface area contributed by atoms with E-state index in [9.17, 15) is 0 Å². The summed E-state index contributed by atoms with van der Waals surface area (Å²) in [6.07, 6.45) is 0. The van der Waals surface area contributed by atoms with Gasteiger partial charge in [0.25, 0.3) is 0 Å². The van der Waals surface area contributed by atoms with Crippen molar-refractivity contribution in [2.45, 2.75) is 58.4 Å². The number of benzene rings is 6. The zero-order valence-electron chi connectivity index (χ0n) is 28.5. The van der Waals surface area contributed by atoms with Gasteiger partial charge in [-0.1, -0.05) is 140 Å². The molecule has 0 saturated carbocycles. The Morgan fingerprint density at radius 2 is 0.804 bits per heavy atom. The van der Waals surface area contributed by atoms with Crippen molar-refractivity contribution in [1.29, 1.82) is 0 Å². The molecule has 2 N–H and O–H groups in total. The predicted octanol–water partition coefficient (Wildman–Crippen LogP) is 12.9. The SMILES string of the molecule is CC1c2ccccc2-c2cccc(S(c3nc(=S)[nH]c(=S)[nH]3)(c3cccc4c3C(C)c3ccccc3-4)c3cccc4c3C(C)c3ccccc3-4)c21. The van der Waals surface area contributed by atoms with E-state index in [0.29, 0.717) is 9.54 Å². The summed E-state index contributed by atoms with van der Waals surface area (Å²) in [7, 11) is -2.40. The van der Waals surface area contributed by atoms with Gasteiger partial charge in [0, 0.05) is 32.4 Å². The molecule has 51 heavy (non-hydrogen) atoms. The minimum absolute atomic E-state index is 0.179. The second kappa shape index (κ2) is 11.3. The molecule has 1 aromatic heterocycles. The van der Waals surface area contributed by atoms with Gasteiger partial charge in [-0.25, -0.2) is 0 Å². The lowest BCUT2D eigenvalue weighted by Crippen LogP contribution is -2.16. The van der Waals surface area contributed by atoms with Crippen molar-refractivity contribution in [2.75, 3.05) is 0 Å². The second-order valence-corrected chi connectivity index (χ2v) is 17.7. The van der Waals surface area contributed by atoms with Crippen LogP contribution in [0.15, 0.2) is 147 Å². The molecular weight excluding hydrogens is 679 g/mol. The third-order valence-electron chi connectivity index (χ3n) is 11.6. The van der Waals surface area contributed by atoms with E-state index in [-0.39, 0.29) is 17.8 Å². The molecule has 1 heterocycles. The van der Waals surface area contributed by atoms with E-state index in [1.165, 1.54) is 81.4 Å². The maximum absolute atomic E-state index is 5.94. The average molecular weight is 714 g/mol. The van der Waals surface area contributed by atoms with Gasteiger partial charge < -0.3 is 9.97 Å². The van der Waals surface area contributed by atoms with Gasteiger partial charge in [0.2, 0.25) is 4.77 Å². The number of nitrogens with one attached hydrogen (secondary N) is 2. The van der Waals surface area contributed by atoms with Gasteiger partial charge >= 0.3 is 0 Å². The molecule has 7 aromatic rings. The first-order valence-electron chi connectivity index (χ1n) is 17.6. The van der Waals surface area contributed by atoms with Crippen molar-refractivity contribution in [3.8, 4) is 33.4 Å². The molecule has 3 aliphatic rings. The van der Waals surface area contributed by atoms with Gasteiger partial charge in [-0.2, -0.15) is 4.98 Å². The topological polar surface area (TPSA) is 44.5 Å². The van der Waals surface area contributed by atoms with Gasteiger partial charge in [0.1, 0.15) is 0 Å². The van der Waals surface area contributed by atoms with Gasteiger partial charge in [-0.3, -0.25) is 0 Å². The maximum Gasteiger partial charge on any atom is 0.201 e. The van der Waals surface area contributed by atoms with E-state index in [1.54, 1.807) is 0 Å². The fourth-order valence-electron chi connectivity index (χ4n) is 9.49. The number of nitrogens with zero attached hydrogens (tertiary/aromatic N) is 1. The Bertz CT molecular complexity index is 2450. The van der Waals surface area contributed by atoms with Crippen LogP contribution in [0.5, 0.6) is 0 Å². The van der Waals surface area contributed by atoms with Crippen molar-refractivity contribution in [1.82, 2.24) is 15.0 Å². The van der Waals surface area contributed by atoms with Crippen LogP contribution in [0, 0.1) is 9.54 Å². The molecule has 10 rings (SSSR count). The van der Waals surface area contributed by atoms with Gasteiger partial charge in [-0.05, 0) is 109 Å². The van der Waals surface area contributed by atoms with Crippen LogP contribution in [0.2, 0.25) is 0 Å². The lowest BCUT2D eigenvalue weighted by Gasteiger charge is -2.44. The second-order valence-electron chi connectivity index (χ2n) is 14.0. The Hall–Kier alpha value is -4.88. The molecule has 0 spiro atoms. The first-order chi connectivity index (χ1) is 24.9. The molecule has 0 fully saturated rings. The van der Waals surface area contributed by atoms with Crippen molar-refractivity contribution in [3.63, 3.8) is 0 Å². The van der Waals surface area contributed by atoms with E-state index in [2.05, 4.69) is 158 Å². The highest BCUT2D eigenvalue weighted by Crippen LogP contribution is 2.78. The van der Waals surface area contributed by atoms with E-state index >= 15 is 0 Å². The lowest BCUT2D eigenvalue weighted by atomic mass is 9.99. The number of aromatic amines is 2. The molecule has 0 bridgehead atoms. The molecule has 3 nitrogen and oxygen atoms in total. The Labute approximate surface area is 309 Å². The monoisotopic (exact) mass is 713 g/mol. The van der Waals surface area contributed by atoms with E-state index in [1.807, 2.05) is 0 Å². The molecule has 0 saturated heterocycles. The zero-order chi connectivity index (χ0) is 34.6. The normalized spacial score (nSPS) is 19.2. The first-order valence-corrected chi connectivity index (χ1v) is 20.0. The predicted molar refractivity (Wildman–Crippen MR) is 213 cm³/mol. The smallest absolute Gasteiger partial charge is 0.201 e. The lowest BCUT2D eigenvalue weighted by molar-refractivity contribution is 0.840. The van der Waals surface area contributed by atoms with Gasteiger partial charge in [0.15, 0.2) is 9.93 Å². The molecule has 3 aliphatic carbocycles. The minimum Gasteiger partial charge on any atom is -0.312 e. The summed E-state index contributed by atoms with van der Waals surface area (Å²) in [5.74, 6) is 0.537. The molecule has 6 heteroatoms. The largest absolute Gasteiger partial charge is 0.312 e. The number of hydrogen-bond acceptors (Lipinski definition) is 3. The van der Waals surface area contributed by atoms with Crippen LogP contribution in [0.3, 0.4) is 0 Å². The third kappa shape index (κ3) is 4.15. The minimum atomic E-state index is -2.40. The fraction of sp³-hybridized carbons (Fsp3) is 0.133. The third-order valence-corrected chi connectivity index (χ3v) is 15.8. The van der Waals surface area contributed by atoms with Crippen molar-refractivity contribution < 1.29 is 0 Å². The molecular formula is C45H35N3S3. The molecule has 0 radical (unpaired) electrons. The number of H-pyrrole nitrogens is 2. The van der Waals surface area contributed by atoms with Crippen LogP contribution < -0.4 is 0 Å². The highest BCUT2D eigenvalue weighted by Gasteiger charge is 2.47. The standard InChI is InChI=1S/C45H35N3S3/c1-25-28-13-4-7-16-31(28)34-19-10-22-37(40(25)34)51(45-47-43(49)46-44(50)48-45,38-23-11-20-35-32-17-8-5-14-29(32)26(2)41(35)38)39-24-12-21-36-33-18-9-6-15-30(33)27(3)42(36)39/h4-27H,1-3H3,(H2,46,47,48,49,50). The van der Waals surface area contributed by atoms with Crippen LogP contribution in [-0.4, -0.2) is 15.0 Å². The Morgan fingerprint density at radius 3 is 1.18 bits per heavy atom. The number of aromatic nitrogens is 3.